The normalized spacial score (nSPS) is 24.7. The Labute approximate surface area is 148 Å². The molecule has 0 saturated carbocycles. The van der Waals surface area contributed by atoms with E-state index in [1.807, 2.05) is 12.1 Å². The highest BCUT2D eigenvalue weighted by atomic mass is 127. The summed E-state index contributed by atoms with van der Waals surface area (Å²) in [4.78, 5) is 11.6. The number of carboxylic acids is 1. The maximum absolute atomic E-state index is 11.6. The molecule has 1 aliphatic heterocycles. The molecule has 1 heterocycles. The van der Waals surface area contributed by atoms with Crippen LogP contribution in [0.4, 0.5) is 5.69 Å². The van der Waals surface area contributed by atoms with E-state index in [0.29, 0.717) is 17.4 Å². The van der Waals surface area contributed by atoms with E-state index in [0.717, 1.165) is 17.7 Å². The van der Waals surface area contributed by atoms with Crippen molar-refractivity contribution in [2.75, 3.05) is 5.32 Å². The van der Waals surface area contributed by atoms with E-state index in [2.05, 4.69) is 58.3 Å². The highest BCUT2D eigenvalue weighted by Gasteiger charge is 2.39. The van der Waals surface area contributed by atoms with Gasteiger partial charge in [-0.1, -0.05) is 30.4 Å². The van der Waals surface area contributed by atoms with Gasteiger partial charge in [-0.3, -0.25) is 0 Å². The van der Waals surface area contributed by atoms with E-state index in [9.17, 15) is 9.90 Å². The van der Waals surface area contributed by atoms with Crippen molar-refractivity contribution >= 4 is 34.2 Å². The van der Waals surface area contributed by atoms with E-state index < -0.39 is 5.97 Å². The molecular formula is C19H16INO2. The molecule has 4 heteroatoms. The summed E-state index contributed by atoms with van der Waals surface area (Å²) in [5.74, 6) is -0.146. The predicted octanol–water partition coefficient (Wildman–Crippen LogP) is 4.82. The number of rotatable bonds is 2. The molecule has 116 valence electrons. The standard InChI is InChI=1S/C19H16INO2/c20-11-8-9-17-16(10-11)12-6-3-7-13(12)18(21-17)14-4-1-2-5-15(14)19(22)23/h1-6,8-10,12-13,18,21H,7H2,(H,22,23)/t12-,13-,18-/m1/s1. The molecule has 0 bridgehead atoms. The van der Waals surface area contributed by atoms with Crippen LogP contribution in [-0.4, -0.2) is 11.1 Å². The molecule has 2 N–H and O–H groups in total. The van der Waals surface area contributed by atoms with Gasteiger partial charge in [0.1, 0.15) is 0 Å². The third-order valence-corrected chi connectivity index (χ3v) is 5.52. The molecule has 0 saturated heterocycles. The van der Waals surface area contributed by atoms with Gasteiger partial charge in [-0.15, -0.1) is 0 Å². The van der Waals surface area contributed by atoms with Crippen molar-refractivity contribution in [3.05, 3.63) is 74.9 Å². The lowest BCUT2D eigenvalue weighted by Crippen LogP contribution is -2.30. The first-order valence-electron chi connectivity index (χ1n) is 7.70. The van der Waals surface area contributed by atoms with E-state index in [1.54, 1.807) is 12.1 Å². The first kappa shape index (κ1) is 14.8. The molecule has 3 nitrogen and oxygen atoms in total. The van der Waals surface area contributed by atoms with Crippen LogP contribution in [-0.2, 0) is 0 Å². The Morgan fingerprint density at radius 3 is 2.83 bits per heavy atom. The molecule has 0 radical (unpaired) electrons. The number of hydrogen-bond acceptors (Lipinski definition) is 2. The van der Waals surface area contributed by atoms with Crippen LogP contribution in [0.5, 0.6) is 0 Å². The van der Waals surface area contributed by atoms with Gasteiger partial charge < -0.3 is 10.4 Å². The lowest BCUT2D eigenvalue weighted by molar-refractivity contribution is 0.0694. The Kier molecular flexibility index (Phi) is 3.64. The molecule has 3 atom stereocenters. The summed E-state index contributed by atoms with van der Waals surface area (Å²) in [6.45, 7) is 0. The number of anilines is 1. The van der Waals surface area contributed by atoms with Crippen molar-refractivity contribution in [3.63, 3.8) is 0 Å². The van der Waals surface area contributed by atoms with Crippen molar-refractivity contribution in [3.8, 4) is 0 Å². The van der Waals surface area contributed by atoms with Gasteiger partial charge in [-0.25, -0.2) is 4.79 Å². The third-order valence-electron chi connectivity index (χ3n) is 4.85. The second-order valence-corrected chi connectivity index (χ2v) is 7.35. The molecule has 2 aliphatic rings. The molecular weight excluding hydrogens is 401 g/mol. The summed E-state index contributed by atoms with van der Waals surface area (Å²) >= 11 is 2.34. The quantitative estimate of drug-likeness (QED) is 0.545. The summed E-state index contributed by atoms with van der Waals surface area (Å²) in [5.41, 5.74) is 3.70. The summed E-state index contributed by atoms with van der Waals surface area (Å²) in [6, 6.07) is 13.8. The Balaban J connectivity index is 1.83. The minimum absolute atomic E-state index is 0.0230. The number of fused-ring (bicyclic) bond motifs is 3. The summed E-state index contributed by atoms with van der Waals surface area (Å²) in [6.07, 6.45) is 5.47. The zero-order valence-corrected chi connectivity index (χ0v) is 14.5. The number of halogens is 1. The van der Waals surface area contributed by atoms with Crippen LogP contribution in [0.1, 0.15) is 39.9 Å². The Morgan fingerprint density at radius 1 is 1.17 bits per heavy atom. The van der Waals surface area contributed by atoms with Crippen molar-refractivity contribution in [1.29, 1.82) is 0 Å². The van der Waals surface area contributed by atoms with Gasteiger partial charge in [0.15, 0.2) is 0 Å². The van der Waals surface area contributed by atoms with Gasteiger partial charge in [0.2, 0.25) is 0 Å². The van der Waals surface area contributed by atoms with Crippen LogP contribution in [0.25, 0.3) is 0 Å². The summed E-state index contributed by atoms with van der Waals surface area (Å²) in [5, 5.41) is 13.1. The smallest absolute Gasteiger partial charge is 0.336 e. The maximum atomic E-state index is 11.6. The highest BCUT2D eigenvalue weighted by molar-refractivity contribution is 14.1. The van der Waals surface area contributed by atoms with Gasteiger partial charge in [0.25, 0.3) is 0 Å². The molecule has 0 aromatic heterocycles. The highest BCUT2D eigenvalue weighted by Crippen LogP contribution is 2.50. The van der Waals surface area contributed by atoms with Crippen LogP contribution in [0.3, 0.4) is 0 Å². The molecule has 0 spiro atoms. The average molecular weight is 417 g/mol. The number of benzene rings is 2. The lowest BCUT2D eigenvalue weighted by Gasteiger charge is -2.38. The molecule has 0 unspecified atom stereocenters. The van der Waals surface area contributed by atoms with Crippen molar-refractivity contribution in [1.82, 2.24) is 0 Å². The van der Waals surface area contributed by atoms with Crippen LogP contribution in [0.15, 0.2) is 54.6 Å². The SMILES string of the molecule is O=C(O)c1ccccc1[C@@H]1Nc2ccc(I)cc2[C@@H]2C=CC[C@H]21. The number of aromatic carboxylic acids is 1. The fourth-order valence-electron chi connectivity index (χ4n) is 3.84. The molecule has 0 amide bonds. The third kappa shape index (κ3) is 2.45. The Bertz CT molecular complexity index is 815. The fraction of sp³-hybridized carbons (Fsp3) is 0.211. The van der Waals surface area contributed by atoms with E-state index >= 15 is 0 Å². The number of carboxylic acid groups (broad SMARTS) is 1. The van der Waals surface area contributed by atoms with E-state index in [4.69, 9.17) is 0 Å². The van der Waals surface area contributed by atoms with Gasteiger partial charge in [0, 0.05) is 15.2 Å². The van der Waals surface area contributed by atoms with Gasteiger partial charge >= 0.3 is 5.97 Å². The Hall–Kier alpha value is -1.82. The molecule has 1 aliphatic carbocycles. The van der Waals surface area contributed by atoms with Crippen molar-refractivity contribution in [2.24, 2.45) is 5.92 Å². The number of carbonyl (C=O) groups is 1. The van der Waals surface area contributed by atoms with Gasteiger partial charge in [0.05, 0.1) is 11.6 Å². The van der Waals surface area contributed by atoms with E-state index in [-0.39, 0.29) is 6.04 Å². The minimum atomic E-state index is -0.863. The zero-order valence-electron chi connectivity index (χ0n) is 12.4. The second-order valence-electron chi connectivity index (χ2n) is 6.10. The van der Waals surface area contributed by atoms with Crippen LogP contribution in [0, 0.1) is 9.49 Å². The lowest BCUT2D eigenvalue weighted by atomic mass is 9.76. The summed E-state index contributed by atoms with van der Waals surface area (Å²) in [7, 11) is 0. The van der Waals surface area contributed by atoms with Crippen molar-refractivity contribution in [2.45, 2.75) is 18.4 Å². The van der Waals surface area contributed by atoms with Crippen LogP contribution >= 0.6 is 22.6 Å². The Morgan fingerprint density at radius 2 is 2.00 bits per heavy atom. The molecule has 2 aromatic rings. The minimum Gasteiger partial charge on any atom is -0.478 e. The van der Waals surface area contributed by atoms with Gasteiger partial charge in [-0.05, 0) is 70.3 Å². The average Bonchev–Trinajstić information content (AvgIpc) is 3.04. The van der Waals surface area contributed by atoms with Crippen LogP contribution in [0.2, 0.25) is 0 Å². The number of allylic oxidation sites excluding steroid dienone is 2. The summed E-state index contributed by atoms with van der Waals surface area (Å²) < 4.78 is 1.23. The van der Waals surface area contributed by atoms with Crippen LogP contribution < -0.4 is 5.32 Å². The second kappa shape index (κ2) is 5.67. The first-order valence-corrected chi connectivity index (χ1v) is 8.78. The largest absolute Gasteiger partial charge is 0.478 e. The van der Waals surface area contributed by atoms with Gasteiger partial charge in [-0.2, -0.15) is 0 Å². The molecule has 0 fully saturated rings. The predicted molar refractivity (Wildman–Crippen MR) is 98.9 cm³/mol. The van der Waals surface area contributed by atoms with Crippen molar-refractivity contribution < 1.29 is 9.90 Å². The topological polar surface area (TPSA) is 49.3 Å². The number of hydrogen-bond donors (Lipinski definition) is 2. The zero-order chi connectivity index (χ0) is 16.0. The monoisotopic (exact) mass is 417 g/mol. The first-order chi connectivity index (χ1) is 11.1. The molecule has 23 heavy (non-hydrogen) atoms. The maximum Gasteiger partial charge on any atom is 0.336 e. The van der Waals surface area contributed by atoms with E-state index in [1.165, 1.54) is 9.13 Å². The molecule has 2 aromatic carbocycles. The molecule has 4 rings (SSSR count). The fourth-order valence-corrected chi connectivity index (χ4v) is 4.35. The number of nitrogens with one attached hydrogen (secondary N) is 1.